The molecule has 18 heavy (non-hydrogen) atoms. The summed E-state index contributed by atoms with van der Waals surface area (Å²) in [5.74, 6) is 0. The zero-order chi connectivity index (χ0) is 12.8. The molecular weight excluding hydrogens is 222 g/mol. The first kappa shape index (κ1) is 13.4. The highest BCUT2D eigenvalue weighted by Crippen LogP contribution is 2.36. The Balaban J connectivity index is 2.01. The molecule has 1 aromatic carbocycles. The second-order valence-electron chi connectivity index (χ2n) is 5.58. The van der Waals surface area contributed by atoms with Crippen LogP contribution >= 0.6 is 0 Å². The Bertz CT molecular complexity index is 369. The van der Waals surface area contributed by atoms with Crippen molar-refractivity contribution in [3.63, 3.8) is 0 Å². The van der Waals surface area contributed by atoms with E-state index in [0.29, 0.717) is 6.61 Å². The fraction of sp³-hybridized carbons (Fsp3) is 0.625. The number of aliphatic hydroxyl groups is 1. The number of hydrogen-bond donors (Lipinski definition) is 2. The molecule has 0 bridgehead atoms. The maximum absolute atomic E-state index is 9.71. The molecule has 0 heterocycles. The molecule has 100 valence electrons. The van der Waals surface area contributed by atoms with E-state index in [4.69, 9.17) is 0 Å². The van der Waals surface area contributed by atoms with Gasteiger partial charge in [0.2, 0.25) is 0 Å². The van der Waals surface area contributed by atoms with Gasteiger partial charge in [0, 0.05) is 17.6 Å². The smallest absolute Gasteiger partial charge is 0.0504 e. The first-order chi connectivity index (χ1) is 8.79. The van der Waals surface area contributed by atoms with Crippen molar-refractivity contribution in [1.29, 1.82) is 0 Å². The molecule has 1 aliphatic carbocycles. The Morgan fingerprint density at radius 2 is 1.89 bits per heavy atom. The minimum atomic E-state index is 0.110. The van der Waals surface area contributed by atoms with Gasteiger partial charge >= 0.3 is 0 Å². The Morgan fingerprint density at radius 3 is 2.56 bits per heavy atom. The van der Waals surface area contributed by atoms with Crippen LogP contribution in [0.25, 0.3) is 0 Å². The highest BCUT2D eigenvalue weighted by atomic mass is 16.3. The second kappa shape index (κ2) is 6.24. The van der Waals surface area contributed by atoms with E-state index in [1.54, 1.807) is 0 Å². The van der Waals surface area contributed by atoms with Gasteiger partial charge in [-0.2, -0.15) is 0 Å². The lowest BCUT2D eigenvalue weighted by Gasteiger charge is -2.36. The molecule has 2 heteroatoms. The number of rotatable bonds is 5. The molecule has 1 aromatic rings. The fourth-order valence-corrected chi connectivity index (χ4v) is 2.98. The fourth-order valence-electron chi connectivity index (χ4n) is 2.98. The summed E-state index contributed by atoms with van der Waals surface area (Å²) in [5, 5.41) is 13.3. The van der Waals surface area contributed by atoms with E-state index in [0.717, 1.165) is 25.8 Å². The zero-order valence-corrected chi connectivity index (χ0v) is 11.4. The number of anilines is 1. The maximum Gasteiger partial charge on any atom is 0.0504 e. The molecule has 0 spiro atoms. The lowest BCUT2D eigenvalue weighted by atomic mass is 9.74. The molecule has 0 saturated heterocycles. The van der Waals surface area contributed by atoms with Crippen molar-refractivity contribution in [3.8, 4) is 0 Å². The van der Waals surface area contributed by atoms with Crippen molar-refractivity contribution in [2.75, 3.05) is 18.5 Å². The quantitative estimate of drug-likeness (QED) is 0.833. The van der Waals surface area contributed by atoms with Gasteiger partial charge in [-0.05, 0) is 30.9 Å². The highest BCUT2D eigenvalue weighted by molar-refractivity contribution is 5.51. The molecule has 1 saturated carbocycles. The molecule has 0 radical (unpaired) electrons. The van der Waals surface area contributed by atoms with Crippen LogP contribution in [0.1, 0.15) is 44.6 Å². The summed E-state index contributed by atoms with van der Waals surface area (Å²) in [6, 6.07) is 8.49. The summed E-state index contributed by atoms with van der Waals surface area (Å²) in [6.45, 7) is 3.40. The van der Waals surface area contributed by atoms with Crippen LogP contribution < -0.4 is 5.32 Å². The summed E-state index contributed by atoms with van der Waals surface area (Å²) in [4.78, 5) is 0. The van der Waals surface area contributed by atoms with Crippen LogP contribution in [0.2, 0.25) is 0 Å². The van der Waals surface area contributed by atoms with Crippen LogP contribution in [-0.4, -0.2) is 18.3 Å². The molecule has 0 atom stereocenters. The normalized spacial score (nSPS) is 18.6. The summed E-state index contributed by atoms with van der Waals surface area (Å²) < 4.78 is 0. The predicted molar refractivity (Wildman–Crippen MR) is 76.9 cm³/mol. The number of para-hydroxylation sites is 1. The van der Waals surface area contributed by atoms with E-state index in [1.165, 1.54) is 30.5 Å². The number of aliphatic hydroxyl groups excluding tert-OH is 1. The van der Waals surface area contributed by atoms with Crippen LogP contribution in [-0.2, 0) is 6.42 Å². The van der Waals surface area contributed by atoms with Crippen molar-refractivity contribution < 1.29 is 5.11 Å². The molecule has 0 aromatic heterocycles. The highest BCUT2D eigenvalue weighted by Gasteiger charge is 2.31. The van der Waals surface area contributed by atoms with E-state index < -0.39 is 0 Å². The minimum Gasteiger partial charge on any atom is -0.396 e. The van der Waals surface area contributed by atoms with Crippen molar-refractivity contribution >= 4 is 5.69 Å². The van der Waals surface area contributed by atoms with Gasteiger partial charge < -0.3 is 10.4 Å². The standard InChI is InChI=1S/C16H25NO/c1-2-14-8-4-5-9-15(14)17-12-16(13-18)10-6-3-7-11-16/h4-5,8-9,17-18H,2-3,6-7,10-13H2,1H3. The molecule has 1 fully saturated rings. The number of nitrogens with one attached hydrogen (secondary N) is 1. The van der Waals surface area contributed by atoms with Crippen molar-refractivity contribution in [1.82, 2.24) is 0 Å². The van der Waals surface area contributed by atoms with E-state index in [9.17, 15) is 5.11 Å². The molecule has 1 aliphatic rings. The molecule has 2 nitrogen and oxygen atoms in total. The Kier molecular flexibility index (Phi) is 4.65. The molecular formula is C16H25NO. The van der Waals surface area contributed by atoms with E-state index in [2.05, 4.69) is 36.5 Å². The SMILES string of the molecule is CCc1ccccc1NCC1(CO)CCCCC1. The third kappa shape index (κ3) is 3.05. The van der Waals surface area contributed by atoms with E-state index in [1.807, 2.05) is 0 Å². The molecule has 0 aliphatic heterocycles. The minimum absolute atomic E-state index is 0.110. The average Bonchev–Trinajstić information content (AvgIpc) is 2.46. The van der Waals surface area contributed by atoms with E-state index in [-0.39, 0.29) is 5.41 Å². The first-order valence-corrected chi connectivity index (χ1v) is 7.22. The summed E-state index contributed by atoms with van der Waals surface area (Å²) >= 11 is 0. The molecule has 2 N–H and O–H groups in total. The van der Waals surface area contributed by atoms with Gasteiger partial charge in [0.15, 0.2) is 0 Å². The van der Waals surface area contributed by atoms with E-state index >= 15 is 0 Å². The Morgan fingerprint density at radius 1 is 1.17 bits per heavy atom. The largest absolute Gasteiger partial charge is 0.396 e. The number of aryl methyl sites for hydroxylation is 1. The van der Waals surface area contributed by atoms with Gasteiger partial charge in [0.1, 0.15) is 0 Å². The lowest BCUT2D eigenvalue weighted by Crippen LogP contribution is -2.35. The lowest BCUT2D eigenvalue weighted by molar-refractivity contribution is 0.0944. The summed E-state index contributed by atoms with van der Waals surface area (Å²) in [6.07, 6.45) is 7.22. The summed E-state index contributed by atoms with van der Waals surface area (Å²) in [7, 11) is 0. The first-order valence-electron chi connectivity index (χ1n) is 7.22. The predicted octanol–water partition coefficient (Wildman–Crippen LogP) is 3.60. The third-order valence-corrected chi connectivity index (χ3v) is 4.30. The molecule has 2 rings (SSSR count). The third-order valence-electron chi connectivity index (χ3n) is 4.30. The van der Waals surface area contributed by atoms with Gasteiger partial charge in [-0.15, -0.1) is 0 Å². The van der Waals surface area contributed by atoms with Gasteiger partial charge in [-0.25, -0.2) is 0 Å². The molecule has 0 amide bonds. The monoisotopic (exact) mass is 247 g/mol. The van der Waals surface area contributed by atoms with Crippen molar-refractivity contribution in [2.45, 2.75) is 45.4 Å². The number of hydrogen-bond acceptors (Lipinski definition) is 2. The molecule has 0 unspecified atom stereocenters. The summed E-state index contributed by atoms with van der Waals surface area (Å²) in [5.41, 5.74) is 2.71. The number of benzene rings is 1. The van der Waals surface area contributed by atoms with Gasteiger partial charge in [0.05, 0.1) is 6.61 Å². The topological polar surface area (TPSA) is 32.3 Å². The Hall–Kier alpha value is -1.02. The van der Waals surface area contributed by atoms with Gasteiger partial charge in [-0.3, -0.25) is 0 Å². The van der Waals surface area contributed by atoms with Crippen LogP contribution in [0, 0.1) is 5.41 Å². The zero-order valence-electron chi connectivity index (χ0n) is 11.4. The maximum atomic E-state index is 9.71. The van der Waals surface area contributed by atoms with Gasteiger partial charge in [0.25, 0.3) is 0 Å². The van der Waals surface area contributed by atoms with Gasteiger partial charge in [-0.1, -0.05) is 44.4 Å². The second-order valence-corrected chi connectivity index (χ2v) is 5.58. The van der Waals surface area contributed by atoms with Crippen molar-refractivity contribution in [3.05, 3.63) is 29.8 Å². The van der Waals surface area contributed by atoms with Crippen molar-refractivity contribution in [2.24, 2.45) is 5.41 Å². The van der Waals surface area contributed by atoms with Crippen LogP contribution in [0.15, 0.2) is 24.3 Å². The Labute approximate surface area is 110 Å². The van der Waals surface area contributed by atoms with Crippen LogP contribution in [0.5, 0.6) is 0 Å². The van der Waals surface area contributed by atoms with Crippen LogP contribution in [0.4, 0.5) is 5.69 Å². The van der Waals surface area contributed by atoms with Crippen LogP contribution in [0.3, 0.4) is 0 Å². The average molecular weight is 247 g/mol.